The van der Waals surface area contributed by atoms with Crippen LogP contribution in [0, 0.1) is 0 Å². The largest absolute Gasteiger partial charge is 0.359 e. The highest BCUT2D eigenvalue weighted by Gasteiger charge is 2.18. The van der Waals surface area contributed by atoms with Gasteiger partial charge in [-0.25, -0.2) is 4.98 Å². The van der Waals surface area contributed by atoms with Gasteiger partial charge in [-0.05, 0) is 19.4 Å². The second-order valence-electron chi connectivity index (χ2n) is 4.44. The Bertz CT molecular complexity index is 368. The smallest absolute Gasteiger partial charge is 0.221 e. The van der Waals surface area contributed by atoms with Gasteiger partial charge in [0.1, 0.15) is 0 Å². The average molecular weight is 236 g/mol. The first-order valence-electron chi connectivity index (χ1n) is 6.25. The number of carbonyl (C=O) groups excluding carboxylic acids is 1. The molecular weight excluding hydrogens is 216 g/mol. The van der Waals surface area contributed by atoms with E-state index in [1.165, 1.54) is 18.5 Å². The molecule has 2 N–H and O–H groups in total. The third kappa shape index (κ3) is 3.06. The van der Waals surface area contributed by atoms with Gasteiger partial charge in [-0.2, -0.15) is 0 Å². The highest BCUT2D eigenvalue weighted by atomic mass is 16.1. The summed E-state index contributed by atoms with van der Waals surface area (Å²) in [7, 11) is 1.67. The minimum absolute atomic E-state index is 0.0706. The van der Waals surface area contributed by atoms with Crippen molar-refractivity contribution in [2.24, 2.45) is 0 Å². The molecule has 0 radical (unpaired) electrons. The number of aryl methyl sites for hydroxylation is 1. The molecule has 1 atom stereocenters. The summed E-state index contributed by atoms with van der Waals surface area (Å²) in [5, 5.41) is 6.14. The van der Waals surface area contributed by atoms with Gasteiger partial charge in [-0.1, -0.05) is 6.42 Å². The van der Waals surface area contributed by atoms with Crippen LogP contribution in [0.1, 0.15) is 37.4 Å². The molecule has 1 aliphatic heterocycles. The van der Waals surface area contributed by atoms with E-state index < -0.39 is 0 Å². The first-order chi connectivity index (χ1) is 8.31. The van der Waals surface area contributed by atoms with Crippen LogP contribution in [0.25, 0.3) is 0 Å². The summed E-state index contributed by atoms with van der Waals surface area (Å²) in [4.78, 5) is 15.4. The van der Waals surface area contributed by atoms with Gasteiger partial charge in [0, 0.05) is 32.3 Å². The van der Waals surface area contributed by atoms with Crippen LogP contribution < -0.4 is 10.6 Å². The molecule has 0 spiro atoms. The van der Waals surface area contributed by atoms with Crippen LogP contribution in [-0.4, -0.2) is 29.1 Å². The van der Waals surface area contributed by atoms with E-state index in [-0.39, 0.29) is 5.91 Å². The monoisotopic (exact) mass is 236 g/mol. The number of amides is 1. The van der Waals surface area contributed by atoms with E-state index >= 15 is 0 Å². The molecule has 0 aromatic carbocycles. The van der Waals surface area contributed by atoms with Gasteiger partial charge in [0.2, 0.25) is 5.91 Å². The van der Waals surface area contributed by atoms with Gasteiger partial charge in [0.05, 0.1) is 12.0 Å². The minimum Gasteiger partial charge on any atom is -0.359 e. The first kappa shape index (κ1) is 12.1. The predicted octanol–water partition coefficient (Wildman–Crippen LogP) is 0.834. The molecule has 0 saturated carbocycles. The molecule has 1 aromatic heterocycles. The van der Waals surface area contributed by atoms with Crippen LogP contribution in [0.3, 0.4) is 0 Å². The van der Waals surface area contributed by atoms with Crippen LogP contribution in [0.5, 0.6) is 0 Å². The summed E-state index contributed by atoms with van der Waals surface area (Å²) in [5.74, 6) is 0.0706. The highest BCUT2D eigenvalue weighted by Crippen LogP contribution is 2.22. The lowest BCUT2D eigenvalue weighted by molar-refractivity contribution is -0.120. The van der Waals surface area contributed by atoms with Crippen molar-refractivity contribution in [1.29, 1.82) is 0 Å². The third-order valence-electron chi connectivity index (χ3n) is 3.27. The van der Waals surface area contributed by atoms with E-state index in [0.717, 1.165) is 13.0 Å². The molecular formula is C12H20N4O. The minimum atomic E-state index is 0.0706. The fourth-order valence-corrected chi connectivity index (χ4v) is 2.26. The maximum Gasteiger partial charge on any atom is 0.221 e. The summed E-state index contributed by atoms with van der Waals surface area (Å²) in [5.41, 5.74) is 1.20. The Labute approximate surface area is 102 Å². The molecule has 5 nitrogen and oxygen atoms in total. The molecule has 1 unspecified atom stereocenters. The van der Waals surface area contributed by atoms with Crippen molar-refractivity contribution in [1.82, 2.24) is 20.2 Å². The summed E-state index contributed by atoms with van der Waals surface area (Å²) < 4.78 is 2.08. The number of rotatable bonds is 4. The number of carbonyl (C=O) groups is 1. The fraction of sp³-hybridized carbons (Fsp3) is 0.667. The van der Waals surface area contributed by atoms with Gasteiger partial charge in [0.25, 0.3) is 0 Å². The molecule has 94 valence electrons. The molecule has 2 rings (SSSR count). The average Bonchev–Trinajstić information content (AvgIpc) is 2.85. The van der Waals surface area contributed by atoms with E-state index in [9.17, 15) is 4.79 Å². The maximum atomic E-state index is 11.2. The second kappa shape index (κ2) is 5.82. The van der Waals surface area contributed by atoms with Crippen LogP contribution in [0.2, 0.25) is 0 Å². The van der Waals surface area contributed by atoms with Crippen LogP contribution in [0.4, 0.5) is 0 Å². The molecule has 17 heavy (non-hydrogen) atoms. The Morgan fingerprint density at radius 3 is 3.24 bits per heavy atom. The Morgan fingerprint density at radius 1 is 1.65 bits per heavy atom. The van der Waals surface area contributed by atoms with E-state index in [0.29, 0.717) is 19.0 Å². The molecule has 1 aromatic rings. The number of imidazole rings is 1. The molecule has 5 heteroatoms. The fourth-order valence-electron chi connectivity index (χ4n) is 2.26. The number of nitrogens with one attached hydrogen (secondary N) is 2. The van der Waals surface area contributed by atoms with Gasteiger partial charge in [-0.3, -0.25) is 4.79 Å². The van der Waals surface area contributed by atoms with Crippen molar-refractivity contribution in [3.8, 4) is 0 Å². The van der Waals surface area contributed by atoms with Crippen LogP contribution in [0.15, 0.2) is 12.5 Å². The van der Waals surface area contributed by atoms with Gasteiger partial charge in [-0.15, -0.1) is 0 Å². The Morgan fingerprint density at radius 2 is 2.53 bits per heavy atom. The molecule has 1 fully saturated rings. The van der Waals surface area contributed by atoms with Crippen molar-refractivity contribution >= 4 is 5.91 Å². The highest BCUT2D eigenvalue weighted by molar-refractivity contribution is 5.75. The summed E-state index contributed by atoms with van der Waals surface area (Å²) >= 11 is 0. The molecule has 2 heterocycles. The summed E-state index contributed by atoms with van der Waals surface area (Å²) in [6, 6.07) is 0.399. The normalized spacial score (nSPS) is 20.2. The SMILES string of the molecule is CNC(=O)CCn1cncc1C1CCCCN1. The number of nitrogens with zero attached hydrogens (tertiary/aromatic N) is 2. The van der Waals surface area contributed by atoms with E-state index in [1.54, 1.807) is 7.05 Å². The second-order valence-corrected chi connectivity index (χ2v) is 4.44. The molecule has 1 amide bonds. The molecule has 1 saturated heterocycles. The number of aromatic nitrogens is 2. The Kier molecular flexibility index (Phi) is 4.14. The molecule has 0 bridgehead atoms. The Balaban J connectivity index is 1.98. The zero-order valence-electron chi connectivity index (χ0n) is 10.3. The van der Waals surface area contributed by atoms with Crippen molar-refractivity contribution in [3.05, 3.63) is 18.2 Å². The lowest BCUT2D eigenvalue weighted by atomic mass is 10.0. The van der Waals surface area contributed by atoms with E-state index in [4.69, 9.17) is 0 Å². The van der Waals surface area contributed by atoms with E-state index in [1.807, 2.05) is 12.5 Å². The van der Waals surface area contributed by atoms with Gasteiger partial charge >= 0.3 is 0 Å². The molecule has 1 aliphatic rings. The molecule has 0 aliphatic carbocycles. The number of hydrogen-bond donors (Lipinski definition) is 2. The van der Waals surface area contributed by atoms with E-state index in [2.05, 4.69) is 20.2 Å². The standard InChI is InChI=1S/C12H20N4O/c1-13-12(17)5-7-16-9-14-8-11(16)10-4-2-3-6-15-10/h8-10,15H,2-7H2,1H3,(H,13,17). The zero-order valence-corrected chi connectivity index (χ0v) is 10.3. The zero-order chi connectivity index (χ0) is 12.1. The quantitative estimate of drug-likeness (QED) is 0.814. The van der Waals surface area contributed by atoms with Crippen molar-refractivity contribution < 1.29 is 4.79 Å². The third-order valence-corrected chi connectivity index (χ3v) is 3.27. The van der Waals surface area contributed by atoms with Crippen LogP contribution in [-0.2, 0) is 11.3 Å². The van der Waals surface area contributed by atoms with Crippen molar-refractivity contribution in [3.63, 3.8) is 0 Å². The van der Waals surface area contributed by atoms with Crippen LogP contribution >= 0.6 is 0 Å². The van der Waals surface area contributed by atoms with Gasteiger partial charge in [0.15, 0.2) is 0 Å². The van der Waals surface area contributed by atoms with Crippen molar-refractivity contribution in [2.75, 3.05) is 13.6 Å². The number of hydrogen-bond acceptors (Lipinski definition) is 3. The topological polar surface area (TPSA) is 59.0 Å². The first-order valence-corrected chi connectivity index (χ1v) is 6.25. The lowest BCUT2D eigenvalue weighted by Gasteiger charge is -2.24. The van der Waals surface area contributed by atoms with Gasteiger partial charge < -0.3 is 15.2 Å². The van der Waals surface area contributed by atoms with Crippen molar-refractivity contribution in [2.45, 2.75) is 38.3 Å². The summed E-state index contributed by atoms with van der Waals surface area (Å²) in [6.45, 7) is 1.78. The summed E-state index contributed by atoms with van der Waals surface area (Å²) in [6.07, 6.45) is 7.90. The lowest BCUT2D eigenvalue weighted by Crippen LogP contribution is -2.29. The maximum absolute atomic E-state index is 11.2. The Hall–Kier alpha value is -1.36. The predicted molar refractivity (Wildman–Crippen MR) is 65.5 cm³/mol. The number of piperidine rings is 1.